The molecular formula is C29H38F2. The fraction of sp³-hybridized carbons (Fsp3) is 0.379. The van der Waals surface area contributed by atoms with Crippen LogP contribution in [0.5, 0.6) is 0 Å². The molecule has 0 spiro atoms. The number of hydrogen-bond donors (Lipinski definition) is 0. The molecule has 1 rings (SSSR count). The van der Waals surface area contributed by atoms with Crippen LogP contribution < -0.4 is 0 Å². The smallest absolute Gasteiger partial charge is 0.123 e. The average molecular weight is 425 g/mol. The third-order valence-corrected chi connectivity index (χ3v) is 5.23. The van der Waals surface area contributed by atoms with Crippen molar-refractivity contribution >= 4 is 0 Å². The summed E-state index contributed by atoms with van der Waals surface area (Å²) < 4.78 is 25.2. The van der Waals surface area contributed by atoms with E-state index in [1.165, 1.54) is 17.2 Å². The minimum Gasteiger partial charge on any atom is -0.247 e. The van der Waals surface area contributed by atoms with Crippen molar-refractivity contribution in [3.8, 4) is 12.3 Å². The molecule has 0 aliphatic heterocycles. The van der Waals surface area contributed by atoms with E-state index < -0.39 is 6.67 Å². The maximum absolute atomic E-state index is 12.6. The highest BCUT2D eigenvalue weighted by Crippen LogP contribution is 2.22. The molecule has 1 aromatic carbocycles. The number of terminal acetylenes is 1. The van der Waals surface area contributed by atoms with Crippen molar-refractivity contribution in [3.05, 3.63) is 94.9 Å². The van der Waals surface area contributed by atoms with Crippen molar-refractivity contribution in [2.45, 2.75) is 54.4 Å². The number of allylic oxidation sites excluding steroid dienone is 9. The van der Waals surface area contributed by atoms with Crippen LogP contribution in [0.4, 0.5) is 8.78 Å². The minimum atomic E-state index is -0.454. The summed E-state index contributed by atoms with van der Waals surface area (Å²) in [6.45, 7) is 15.7. The number of rotatable bonds is 9. The van der Waals surface area contributed by atoms with Crippen LogP contribution in [0.15, 0.2) is 78.0 Å². The van der Waals surface area contributed by atoms with E-state index in [-0.39, 0.29) is 17.7 Å². The third kappa shape index (κ3) is 11.3. The van der Waals surface area contributed by atoms with Gasteiger partial charge in [-0.3, -0.25) is 0 Å². The molecule has 0 saturated carbocycles. The lowest BCUT2D eigenvalue weighted by Crippen LogP contribution is -2.00. The van der Waals surface area contributed by atoms with Gasteiger partial charge in [0.15, 0.2) is 0 Å². The Labute approximate surface area is 189 Å². The van der Waals surface area contributed by atoms with Gasteiger partial charge in [0.1, 0.15) is 12.5 Å². The van der Waals surface area contributed by atoms with Gasteiger partial charge >= 0.3 is 0 Å². The monoisotopic (exact) mass is 424 g/mol. The highest BCUT2D eigenvalue weighted by atomic mass is 19.1. The molecule has 2 atom stereocenters. The second-order valence-electron chi connectivity index (χ2n) is 7.60. The van der Waals surface area contributed by atoms with Gasteiger partial charge in [-0.15, -0.1) is 12.3 Å². The summed E-state index contributed by atoms with van der Waals surface area (Å²) in [5, 5.41) is 0. The number of hydrogen-bond acceptors (Lipinski definition) is 0. The Kier molecular flexibility index (Phi) is 14.7. The first-order chi connectivity index (χ1) is 14.7. The zero-order chi connectivity index (χ0) is 23.8. The van der Waals surface area contributed by atoms with Gasteiger partial charge in [0.05, 0.1) is 0 Å². The molecule has 0 heterocycles. The summed E-state index contributed by atoms with van der Waals surface area (Å²) in [5.74, 6) is 2.87. The van der Waals surface area contributed by atoms with E-state index in [1.807, 2.05) is 52.8 Å². The fourth-order valence-corrected chi connectivity index (χ4v) is 2.92. The lowest BCUT2D eigenvalue weighted by atomic mass is 9.92. The topological polar surface area (TPSA) is 0 Å². The van der Waals surface area contributed by atoms with Gasteiger partial charge in [-0.1, -0.05) is 69.4 Å². The average Bonchev–Trinajstić information content (AvgIpc) is 2.75. The molecule has 2 heteroatoms. The first-order valence-corrected chi connectivity index (χ1v) is 10.8. The van der Waals surface area contributed by atoms with Crippen LogP contribution in [0, 0.1) is 36.9 Å². The van der Waals surface area contributed by atoms with Gasteiger partial charge in [-0.2, -0.15) is 0 Å². The third-order valence-electron chi connectivity index (χ3n) is 5.23. The summed E-state index contributed by atoms with van der Waals surface area (Å²) in [7, 11) is 0. The summed E-state index contributed by atoms with van der Waals surface area (Å²) >= 11 is 0. The van der Waals surface area contributed by atoms with E-state index in [0.717, 1.165) is 23.1 Å². The van der Waals surface area contributed by atoms with E-state index in [9.17, 15) is 8.78 Å². The van der Waals surface area contributed by atoms with Crippen LogP contribution in [0.2, 0.25) is 0 Å². The molecule has 0 bridgehead atoms. The molecule has 0 N–H and O–H groups in total. The second-order valence-corrected chi connectivity index (χ2v) is 7.60. The van der Waals surface area contributed by atoms with Crippen LogP contribution in [-0.4, -0.2) is 6.67 Å². The Balaban J connectivity index is 0.000000743. The quantitative estimate of drug-likeness (QED) is 0.212. The Morgan fingerprint density at radius 1 is 1.23 bits per heavy atom. The molecule has 31 heavy (non-hydrogen) atoms. The Morgan fingerprint density at radius 3 is 2.39 bits per heavy atom. The molecule has 0 aliphatic rings. The summed E-state index contributed by atoms with van der Waals surface area (Å²) in [5.41, 5.74) is 5.47. The molecule has 0 radical (unpaired) electrons. The van der Waals surface area contributed by atoms with E-state index in [0.29, 0.717) is 6.42 Å². The molecule has 1 aromatic rings. The highest BCUT2D eigenvalue weighted by Gasteiger charge is 2.08. The molecular weight excluding hydrogens is 386 g/mol. The molecule has 0 saturated heterocycles. The molecule has 0 aromatic heterocycles. The Morgan fingerprint density at radius 2 is 1.90 bits per heavy atom. The van der Waals surface area contributed by atoms with Gasteiger partial charge in [-0.25, -0.2) is 8.78 Å². The first-order valence-electron chi connectivity index (χ1n) is 10.8. The molecule has 0 fully saturated rings. The predicted octanol–water partition coefficient (Wildman–Crippen LogP) is 8.51. The van der Waals surface area contributed by atoms with Crippen molar-refractivity contribution in [3.63, 3.8) is 0 Å². The zero-order valence-electron chi connectivity index (χ0n) is 20.0. The standard InChI is InChI=1S/C20H27F.C9H11F/c1-7-9-10-11-19(8-2)17(5)12-13-20(14-15-21)18(6)16(3)4;1-3-8-6-9(10)5-4-7(8)2/h1,8,10-14,17-18H,3,9,15H2,2,4-6H3;4-6H,3H2,1-2H3/b11-10-,13-12-,19-8+,20-14+;. The Bertz CT molecular complexity index is 844. The lowest BCUT2D eigenvalue weighted by molar-refractivity contribution is 0.557. The van der Waals surface area contributed by atoms with Crippen LogP contribution in [-0.2, 0) is 6.42 Å². The van der Waals surface area contributed by atoms with E-state index in [4.69, 9.17) is 6.42 Å². The molecule has 0 amide bonds. The fourth-order valence-electron chi connectivity index (χ4n) is 2.92. The van der Waals surface area contributed by atoms with Gasteiger partial charge in [0.25, 0.3) is 0 Å². The maximum Gasteiger partial charge on any atom is 0.123 e. The summed E-state index contributed by atoms with van der Waals surface area (Å²) in [6.07, 6.45) is 18.6. The first kappa shape index (κ1) is 28.3. The van der Waals surface area contributed by atoms with Crippen molar-refractivity contribution in [1.82, 2.24) is 0 Å². The van der Waals surface area contributed by atoms with Gasteiger partial charge < -0.3 is 0 Å². The van der Waals surface area contributed by atoms with E-state index in [1.54, 1.807) is 12.1 Å². The van der Waals surface area contributed by atoms with E-state index in [2.05, 4.69) is 37.7 Å². The molecule has 0 aliphatic carbocycles. The number of halogens is 2. The van der Waals surface area contributed by atoms with Crippen molar-refractivity contribution in [2.75, 3.05) is 6.67 Å². The summed E-state index contributed by atoms with van der Waals surface area (Å²) in [4.78, 5) is 0. The SMILES string of the molecule is C#CC/C=C\C(=C/C)C(C)/C=C\C(=C/CF)C(C)C(=C)C.CCc1cc(F)ccc1C. The molecule has 0 nitrogen and oxygen atoms in total. The van der Waals surface area contributed by atoms with Crippen LogP contribution in [0.25, 0.3) is 0 Å². The summed E-state index contributed by atoms with van der Waals surface area (Å²) in [6, 6.07) is 4.90. The van der Waals surface area contributed by atoms with Crippen LogP contribution in [0.3, 0.4) is 0 Å². The normalized spacial score (nSPS) is 14.2. The van der Waals surface area contributed by atoms with Gasteiger partial charge in [0.2, 0.25) is 0 Å². The predicted molar refractivity (Wildman–Crippen MR) is 133 cm³/mol. The maximum atomic E-state index is 12.6. The van der Waals surface area contributed by atoms with Crippen molar-refractivity contribution in [1.29, 1.82) is 0 Å². The van der Waals surface area contributed by atoms with E-state index >= 15 is 0 Å². The highest BCUT2D eigenvalue weighted by molar-refractivity contribution is 5.31. The van der Waals surface area contributed by atoms with Crippen molar-refractivity contribution < 1.29 is 8.78 Å². The minimum absolute atomic E-state index is 0.137. The van der Waals surface area contributed by atoms with Crippen LogP contribution >= 0.6 is 0 Å². The lowest BCUT2D eigenvalue weighted by Gasteiger charge is -2.14. The second kappa shape index (κ2) is 16.1. The van der Waals surface area contributed by atoms with Gasteiger partial charge in [0, 0.05) is 12.3 Å². The zero-order valence-corrected chi connectivity index (χ0v) is 20.0. The van der Waals surface area contributed by atoms with Gasteiger partial charge in [-0.05, 0) is 73.6 Å². The number of aryl methyl sites for hydroxylation is 2. The Hall–Kier alpha value is -2.66. The van der Waals surface area contributed by atoms with Crippen LogP contribution in [0.1, 0.15) is 52.2 Å². The van der Waals surface area contributed by atoms with Crippen molar-refractivity contribution in [2.24, 2.45) is 11.8 Å². The number of benzene rings is 1. The molecule has 168 valence electrons. The largest absolute Gasteiger partial charge is 0.247 e. The number of alkyl halides is 1. The molecule has 2 unspecified atom stereocenters.